The molecular formula is C14H15Cl2NO2. The summed E-state index contributed by atoms with van der Waals surface area (Å²) < 4.78 is 0. The monoisotopic (exact) mass is 299 g/mol. The molecule has 1 aromatic rings. The lowest BCUT2D eigenvalue weighted by atomic mass is 10.1. The van der Waals surface area contributed by atoms with Gasteiger partial charge in [0.15, 0.2) is 5.78 Å². The van der Waals surface area contributed by atoms with Crippen molar-refractivity contribution >= 4 is 34.9 Å². The van der Waals surface area contributed by atoms with Crippen LogP contribution in [0.5, 0.6) is 0 Å². The fourth-order valence-electron chi connectivity index (χ4n) is 2.18. The number of nitrogens with zero attached hydrogens (tertiary/aromatic N) is 1. The Labute approximate surface area is 122 Å². The van der Waals surface area contributed by atoms with E-state index in [-0.39, 0.29) is 18.2 Å². The van der Waals surface area contributed by atoms with Crippen molar-refractivity contribution < 1.29 is 9.59 Å². The van der Waals surface area contributed by atoms with Gasteiger partial charge in [-0.15, -0.1) is 0 Å². The number of ketones is 1. The molecule has 0 radical (unpaired) electrons. The van der Waals surface area contributed by atoms with Crippen LogP contribution in [-0.2, 0) is 4.79 Å². The van der Waals surface area contributed by atoms with Crippen LogP contribution in [0.25, 0.3) is 0 Å². The lowest BCUT2D eigenvalue weighted by molar-refractivity contribution is -0.130. The molecule has 0 unspecified atom stereocenters. The maximum Gasteiger partial charge on any atom is 0.222 e. The zero-order valence-corrected chi connectivity index (χ0v) is 12.0. The van der Waals surface area contributed by atoms with E-state index in [1.807, 2.05) is 0 Å². The third kappa shape index (κ3) is 3.71. The molecule has 1 amide bonds. The summed E-state index contributed by atoms with van der Waals surface area (Å²) in [6, 6.07) is 4.79. The number of hydrogen-bond donors (Lipinski definition) is 0. The molecule has 1 aliphatic rings. The van der Waals surface area contributed by atoms with E-state index in [1.165, 1.54) is 0 Å². The van der Waals surface area contributed by atoms with Crippen LogP contribution in [0.4, 0.5) is 0 Å². The molecular weight excluding hydrogens is 285 g/mol. The number of likely N-dealkylation sites (tertiary alicyclic amines) is 1. The quantitative estimate of drug-likeness (QED) is 0.800. The van der Waals surface area contributed by atoms with E-state index >= 15 is 0 Å². The summed E-state index contributed by atoms with van der Waals surface area (Å²) in [5.41, 5.74) is 0.381. The molecule has 0 spiro atoms. The first kappa shape index (κ1) is 14.4. The molecule has 0 aliphatic carbocycles. The van der Waals surface area contributed by atoms with Gasteiger partial charge in [0.05, 0.1) is 11.6 Å². The van der Waals surface area contributed by atoms with E-state index in [9.17, 15) is 9.59 Å². The molecule has 1 fully saturated rings. The van der Waals surface area contributed by atoms with Gasteiger partial charge in [-0.05, 0) is 31.0 Å². The lowest BCUT2D eigenvalue weighted by Crippen LogP contribution is -2.35. The number of Topliss-reactive ketones (excluding diaryl/α,β-unsaturated/α-hetero) is 1. The van der Waals surface area contributed by atoms with Gasteiger partial charge in [0, 0.05) is 23.6 Å². The summed E-state index contributed by atoms with van der Waals surface area (Å²) in [5.74, 6) is -0.119. The van der Waals surface area contributed by atoms with Crippen LogP contribution in [0.1, 0.15) is 36.0 Å². The molecule has 3 nitrogen and oxygen atoms in total. The first-order chi connectivity index (χ1) is 9.08. The average Bonchev–Trinajstić information content (AvgIpc) is 2.58. The molecule has 0 aromatic heterocycles. The van der Waals surface area contributed by atoms with E-state index in [4.69, 9.17) is 23.2 Å². The van der Waals surface area contributed by atoms with Gasteiger partial charge < -0.3 is 4.90 Å². The SMILES string of the molecule is O=C(CN1CCCCCC1=O)c1cc(Cl)ccc1Cl. The van der Waals surface area contributed by atoms with Crippen molar-refractivity contribution in [1.29, 1.82) is 0 Å². The predicted molar refractivity (Wildman–Crippen MR) is 75.8 cm³/mol. The van der Waals surface area contributed by atoms with Gasteiger partial charge in [-0.2, -0.15) is 0 Å². The summed E-state index contributed by atoms with van der Waals surface area (Å²) in [7, 11) is 0. The van der Waals surface area contributed by atoms with Crippen LogP contribution in [0, 0.1) is 0 Å². The van der Waals surface area contributed by atoms with Gasteiger partial charge in [0.1, 0.15) is 0 Å². The molecule has 1 aliphatic heterocycles. The van der Waals surface area contributed by atoms with Crippen LogP contribution in [0.15, 0.2) is 18.2 Å². The first-order valence-electron chi connectivity index (χ1n) is 6.34. The van der Waals surface area contributed by atoms with Crippen molar-refractivity contribution in [2.24, 2.45) is 0 Å². The zero-order chi connectivity index (χ0) is 13.8. The Kier molecular flexibility index (Phi) is 4.83. The fraction of sp³-hybridized carbons (Fsp3) is 0.429. The molecule has 5 heteroatoms. The van der Waals surface area contributed by atoms with Crippen molar-refractivity contribution in [2.75, 3.05) is 13.1 Å². The Balaban J connectivity index is 2.11. The normalized spacial score (nSPS) is 16.3. The molecule has 102 valence electrons. The number of amides is 1. The highest BCUT2D eigenvalue weighted by atomic mass is 35.5. The highest BCUT2D eigenvalue weighted by molar-refractivity contribution is 6.36. The second-order valence-corrected chi connectivity index (χ2v) is 5.52. The highest BCUT2D eigenvalue weighted by Crippen LogP contribution is 2.22. The third-order valence-electron chi connectivity index (χ3n) is 3.23. The molecule has 0 atom stereocenters. The number of benzene rings is 1. The molecule has 2 rings (SSSR count). The smallest absolute Gasteiger partial charge is 0.222 e. The molecule has 1 aromatic carbocycles. The van der Waals surface area contributed by atoms with Crippen molar-refractivity contribution in [3.05, 3.63) is 33.8 Å². The maximum absolute atomic E-state index is 12.2. The third-order valence-corrected chi connectivity index (χ3v) is 3.80. The standard InChI is InChI=1S/C14H15Cl2NO2/c15-10-5-6-12(16)11(8-10)13(18)9-17-7-3-1-2-4-14(17)19/h5-6,8H,1-4,7,9H2. The van der Waals surface area contributed by atoms with E-state index in [0.29, 0.717) is 28.6 Å². The Bertz CT molecular complexity index is 502. The number of carbonyl (C=O) groups is 2. The lowest BCUT2D eigenvalue weighted by Gasteiger charge is -2.19. The van der Waals surface area contributed by atoms with Gasteiger partial charge in [0.25, 0.3) is 0 Å². The molecule has 1 heterocycles. The molecule has 19 heavy (non-hydrogen) atoms. The van der Waals surface area contributed by atoms with Crippen LogP contribution in [-0.4, -0.2) is 29.7 Å². The van der Waals surface area contributed by atoms with Gasteiger partial charge in [-0.25, -0.2) is 0 Å². The van der Waals surface area contributed by atoms with Crippen LogP contribution in [0.3, 0.4) is 0 Å². The highest BCUT2D eigenvalue weighted by Gasteiger charge is 2.21. The summed E-state index contributed by atoms with van der Waals surface area (Å²) in [4.78, 5) is 25.7. The predicted octanol–water partition coefficient (Wildman–Crippen LogP) is 3.58. The number of rotatable bonds is 3. The minimum absolute atomic E-state index is 0.0454. The Morgan fingerprint density at radius 2 is 2.00 bits per heavy atom. The summed E-state index contributed by atoms with van der Waals surface area (Å²) in [6.07, 6.45) is 3.41. The van der Waals surface area contributed by atoms with Crippen LogP contribution in [0.2, 0.25) is 10.0 Å². The van der Waals surface area contributed by atoms with Crippen molar-refractivity contribution in [2.45, 2.75) is 25.7 Å². The molecule has 1 saturated heterocycles. The minimum Gasteiger partial charge on any atom is -0.335 e. The van der Waals surface area contributed by atoms with E-state index in [0.717, 1.165) is 19.3 Å². The number of hydrogen-bond acceptors (Lipinski definition) is 2. The fourth-order valence-corrected chi connectivity index (χ4v) is 2.57. The zero-order valence-electron chi connectivity index (χ0n) is 10.5. The van der Waals surface area contributed by atoms with Crippen molar-refractivity contribution in [3.8, 4) is 0 Å². The summed E-state index contributed by atoms with van der Waals surface area (Å²) in [5, 5.41) is 0.839. The number of halogens is 2. The average molecular weight is 300 g/mol. The van der Waals surface area contributed by atoms with Gasteiger partial charge in [0.2, 0.25) is 5.91 Å². The van der Waals surface area contributed by atoms with E-state index < -0.39 is 0 Å². The van der Waals surface area contributed by atoms with Crippen LogP contribution < -0.4 is 0 Å². The molecule has 0 saturated carbocycles. The van der Waals surface area contributed by atoms with Gasteiger partial charge in [-0.1, -0.05) is 29.6 Å². The Morgan fingerprint density at radius 3 is 2.79 bits per heavy atom. The van der Waals surface area contributed by atoms with Crippen molar-refractivity contribution in [1.82, 2.24) is 4.90 Å². The summed E-state index contributed by atoms with van der Waals surface area (Å²) in [6.45, 7) is 0.724. The van der Waals surface area contributed by atoms with Crippen LogP contribution >= 0.6 is 23.2 Å². The van der Waals surface area contributed by atoms with E-state index in [1.54, 1.807) is 23.1 Å². The Morgan fingerprint density at radius 1 is 1.21 bits per heavy atom. The first-order valence-corrected chi connectivity index (χ1v) is 7.09. The second-order valence-electron chi connectivity index (χ2n) is 4.67. The van der Waals surface area contributed by atoms with E-state index in [2.05, 4.69) is 0 Å². The largest absolute Gasteiger partial charge is 0.335 e. The maximum atomic E-state index is 12.2. The molecule has 0 bridgehead atoms. The Hall–Kier alpha value is -1.06. The van der Waals surface area contributed by atoms with Gasteiger partial charge >= 0.3 is 0 Å². The minimum atomic E-state index is -0.164. The topological polar surface area (TPSA) is 37.4 Å². The van der Waals surface area contributed by atoms with Gasteiger partial charge in [-0.3, -0.25) is 9.59 Å². The second kappa shape index (κ2) is 6.40. The van der Waals surface area contributed by atoms with Crippen molar-refractivity contribution in [3.63, 3.8) is 0 Å². The molecule has 0 N–H and O–H groups in total. The summed E-state index contributed by atoms with van der Waals surface area (Å²) >= 11 is 11.9. The number of carbonyl (C=O) groups excluding carboxylic acids is 2.